The van der Waals surface area contributed by atoms with Crippen molar-refractivity contribution in [3.05, 3.63) is 0 Å². The van der Waals surface area contributed by atoms with Crippen molar-refractivity contribution < 1.29 is 14.7 Å². The van der Waals surface area contributed by atoms with E-state index < -0.39 is 17.9 Å². The third-order valence-corrected chi connectivity index (χ3v) is 0.449. The fraction of sp³-hybridized carbons (Fsp3) is 0.600. The van der Waals surface area contributed by atoms with Crippen LogP contribution in [0.25, 0.3) is 0 Å². The van der Waals surface area contributed by atoms with Gasteiger partial charge < -0.3 is 16.6 Å². The number of carbonyl (C=O) groups excluding carboxylic acids is 1. The highest BCUT2D eigenvalue weighted by Crippen LogP contribution is 1.64. The molecular formula is C5H12N2O3. The van der Waals surface area contributed by atoms with E-state index in [9.17, 15) is 4.79 Å². The molecule has 0 aliphatic carbocycles. The van der Waals surface area contributed by atoms with Gasteiger partial charge >= 0.3 is 0 Å². The van der Waals surface area contributed by atoms with Crippen LogP contribution in [0.15, 0.2) is 0 Å². The molecule has 5 N–H and O–H groups in total. The van der Waals surface area contributed by atoms with Crippen molar-refractivity contribution in [1.82, 2.24) is 0 Å². The minimum absolute atomic E-state index is 0.463. The normalized spacial score (nSPS) is 10.7. The molecule has 0 aromatic rings. The van der Waals surface area contributed by atoms with Crippen LogP contribution in [0, 0.1) is 0 Å². The Morgan fingerprint density at radius 3 is 1.60 bits per heavy atom. The molecule has 0 unspecified atom stereocenters. The Hall–Kier alpha value is -1.10. The van der Waals surface area contributed by atoms with Gasteiger partial charge in [-0.15, -0.1) is 0 Å². The van der Waals surface area contributed by atoms with Crippen LogP contribution in [0.3, 0.4) is 0 Å². The number of hydrogen-bond acceptors (Lipinski definition) is 3. The monoisotopic (exact) mass is 148 g/mol. The zero-order valence-corrected chi connectivity index (χ0v) is 6.00. The van der Waals surface area contributed by atoms with Crippen molar-refractivity contribution in [1.29, 1.82) is 0 Å². The van der Waals surface area contributed by atoms with Crippen molar-refractivity contribution in [2.75, 3.05) is 0 Å². The largest absolute Gasteiger partial charge is 0.481 e. The van der Waals surface area contributed by atoms with Crippen LogP contribution in [0.5, 0.6) is 0 Å². The summed E-state index contributed by atoms with van der Waals surface area (Å²) in [5.41, 5.74) is 9.63. The number of carbonyl (C=O) groups is 2. The van der Waals surface area contributed by atoms with Crippen molar-refractivity contribution in [3.8, 4) is 0 Å². The average molecular weight is 148 g/mol. The van der Waals surface area contributed by atoms with Gasteiger partial charge in [0.1, 0.15) is 0 Å². The average Bonchev–Trinajstić information content (AvgIpc) is 1.63. The molecule has 0 fully saturated rings. The van der Waals surface area contributed by atoms with E-state index in [-0.39, 0.29) is 0 Å². The molecule has 0 saturated heterocycles. The number of aliphatic carboxylic acids is 1. The lowest BCUT2D eigenvalue weighted by atomic mass is 10.4. The van der Waals surface area contributed by atoms with E-state index in [1.165, 1.54) is 0 Å². The standard InChI is InChI=1S/C3H8N2O.C2H4O2/c1-2(4)3(5)6;1-2(3)4/h2H,4H2,1H3,(H2,5,6);1H3,(H,3,4)/t2-;/m0./s1. The zero-order valence-electron chi connectivity index (χ0n) is 6.00. The second kappa shape index (κ2) is 6.03. The number of amides is 1. The van der Waals surface area contributed by atoms with Crippen LogP contribution in [-0.4, -0.2) is 23.0 Å². The maximum atomic E-state index is 9.80. The highest BCUT2D eigenvalue weighted by atomic mass is 16.4. The fourth-order valence-electron chi connectivity index (χ4n) is 0. The Labute approximate surface area is 59.0 Å². The van der Waals surface area contributed by atoms with E-state index in [1.54, 1.807) is 6.92 Å². The SMILES string of the molecule is CC(=O)O.C[C@H](N)C(N)=O. The smallest absolute Gasteiger partial charge is 0.300 e. The Morgan fingerprint density at radius 1 is 1.50 bits per heavy atom. The molecule has 5 heteroatoms. The second-order valence-corrected chi connectivity index (χ2v) is 1.71. The summed E-state index contributed by atoms with van der Waals surface area (Å²) in [5.74, 6) is -1.30. The molecule has 0 aromatic carbocycles. The summed E-state index contributed by atoms with van der Waals surface area (Å²) in [5, 5.41) is 7.42. The van der Waals surface area contributed by atoms with Gasteiger partial charge in [0.25, 0.3) is 5.97 Å². The summed E-state index contributed by atoms with van der Waals surface area (Å²) in [7, 11) is 0. The topological polar surface area (TPSA) is 106 Å². The van der Waals surface area contributed by atoms with Gasteiger partial charge in [-0.25, -0.2) is 0 Å². The Bertz CT molecular complexity index is 118. The first-order valence-corrected chi connectivity index (χ1v) is 2.62. The molecule has 0 rings (SSSR count). The summed E-state index contributed by atoms with van der Waals surface area (Å²) >= 11 is 0. The first-order chi connectivity index (χ1) is 4.37. The van der Waals surface area contributed by atoms with Gasteiger partial charge in [-0.2, -0.15) is 0 Å². The van der Waals surface area contributed by atoms with Gasteiger partial charge in [0.2, 0.25) is 5.91 Å². The molecule has 0 heterocycles. The molecule has 0 bridgehead atoms. The molecule has 60 valence electrons. The van der Waals surface area contributed by atoms with Gasteiger partial charge in [-0.1, -0.05) is 0 Å². The molecule has 0 aliphatic rings. The van der Waals surface area contributed by atoms with Crippen molar-refractivity contribution in [2.24, 2.45) is 11.5 Å². The number of carboxylic acid groups (broad SMARTS) is 1. The quantitative estimate of drug-likeness (QED) is 0.439. The molecule has 0 spiro atoms. The summed E-state index contributed by atoms with van der Waals surface area (Å²) in [4.78, 5) is 18.8. The third kappa shape index (κ3) is 28.6. The minimum atomic E-state index is -0.833. The molecule has 0 saturated carbocycles. The molecular weight excluding hydrogens is 136 g/mol. The summed E-state index contributed by atoms with van der Waals surface area (Å²) in [6, 6.07) is -0.509. The van der Waals surface area contributed by atoms with Crippen LogP contribution in [0.4, 0.5) is 0 Å². The molecule has 1 atom stereocenters. The van der Waals surface area contributed by atoms with E-state index >= 15 is 0 Å². The second-order valence-electron chi connectivity index (χ2n) is 1.71. The minimum Gasteiger partial charge on any atom is -0.481 e. The van der Waals surface area contributed by atoms with E-state index in [1.807, 2.05) is 0 Å². The number of rotatable bonds is 1. The van der Waals surface area contributed by atoms with Crippen molar-refractivity contribution in [2.45, 2.75) is 19.9 Å². The van der Waals surface area contributed by atoms with E-state index in [0.29, 0.717) is 0 Å². The van der Waals surface area contributed by atoms with Crippen LogP contribution in [0.1, 0.15) is 13.8 Å². The van der Waals surface area contributed by atoms with Gasteiger partial charge in [0.05, 0.1) is 6.04 Å². The van der Waals surface area contributed by atoms with Crippen LogP contribution >= 0.6 is 0 Å². The first kappa shape index (κ1) is 11.7. The molecule has 0 radical (unpaired) electrons. The van der Waals surface area contributed by atoms with Crippen LogP contribution in [-0.2, 0) is 9.59 Å². The molecule has 10 heavy (non-hydrogen) atoms. The van der Waals surface area contributed by atoms with E-state index in [2.05, 4.69) is 5.73 Å². The highest BCUT2D eigenvalue weighted by Gasteiger charge is 1.96. The predicted octanol–water partition coefficient (Wildman–Crippen LogP) is -1.09. The van der Waals surface area contributed by atoms with Crippen LogP contribution in [0.2, 0.25) is 0 Å². The van der Waals surface area contributed by atoms with Crippen LogP contribution < -0.4 is 11.5 Å². The molecule has 5 nitrogen and oxygen atoms in total. The van der Waals surface area contributed by atoms with Gasteiger partial charge in [0.15, 0.2) is 0 Å². The Morgan fingerprint density at radius 2 is 1.60 bits per heavy atom. The first-order valence-electron chi connectivity index (χ1n) is 2.62. The summed E-state index contributed by atoms with van der Waals surface area (Å²) in [6.07, 6.45) is 0. The highest BCUT2D eigenvalue weighted by molar-refractivity contribution is 5.78. The van der Waals surface area contributed by atoms with Gasteiger partial charge in [-0.3, -0.25) is 9.59 Å². The third-order valence-electron chi connectivity index (χ3n) is 0.449. The molecule has 1 amide bonds. The molecule has 0 aliphatic heterocycles. The lowest BCUT2D eigenvalue weighted by molar-refractivity contribution is -0.134. The lowest BCUT2D eigenvalue weighted by Gasteiger charge is -1.91. The summed E-state index contributed by atoms with van der Waals surface area (Å²) < 4.78 is 0. The van der Waals surface area contributed by atoms with E-state index in [4.69, 9.17) is 15.6 Å². The van der Waals surface area contributed by atoms with E-state index in [0.717, 1.165) is 6.92 Å². The Balaban J connectivity index is 0. The molecule has 0 aromatic heterocycles. The van der Waals surface area contributed by atoms with Crippen molar-refractivity contribution in [3.63, 3.8) is 0 Å². The Kier molecular flexibility index (Phi) is 7.03. The maximum absolute atomic E-state index is 9.80. The number of nitrogens with two attached hydrogens (primary N) is 2. The maximum Gasteiger partial charge on any atom is 0.300 e. The van der Waals surface area contributed by atoms with Gasteiger partial charge in [-0.05, 0) is 6.92 Å². The predicted molar refractivity (Wildman–Crippen MR) is 36.2 cm³/mol. The summed E-state index contributed by atoms with van der Waals surface area (Å²) in [6.45, 7) is 2.63. The lowest BCUT2D eigenvalue weighted by Crippen LogP contribution is -2.32. The van der Waals surface area contributed by atoms with Gasteiger partial charge in [0, 0.05) is 6.92 Å². The number of carboxylic acids is 1. The number of primary amides is 1. The van der Waals surface area contributed by atoms with Crippen molar-refractivity contribution >= 4 is 11.9 Å². The zero-order chi connectivity index (χ0) is 8.73. The number of hydrogen-bond donors (Lipinski definition) is 3. The fourth-order valence-corrected chi connectivity index (χ4v) is 0.